The Morgan fingerprint density at radius 2 is 1.75 bits per heavy atom. The van der Waals surface area contributed by atoms with E-state index in [0.29, 0.717) is 22.4 Å². The molecule has 7 heteroatoms. The van der Waals surface area contributed by atoms with E-state index in [1.54, 1.807) is 52.1 Å². The quantitative estimate of drug-likeness (QED) is 0.418. The van der Waals surface area contributed by atoms with Crippen molar-refractivity contribution in [3.63, 3.8) is 0 Å². The van der Waals surface area contributed by atoms with Crippen molar-refractivity contribution in [2.45, 2.75) is 19.4 Å². The van der Waals surface area contributed by atoms with E-state index in [2.05, 4.69) is 10.1 Å². The molecule has 0 saturated heterocycles. The summed E-state index contributed by atoms with van der Waals surface area (Å²) in [5.41, 5.74) is 2.04. The van der Waals surface area contributed by atoms with Crippen LogP contribution in [0.3, 0.4) is 0 Å². The normalized spacial score (nSPS) is 11.9. The molecule has 0 radical (unpaired) electrons. The van der Waals surface area contributed by atoms with Gasteiger partial charge in [-0.1, -0.05) is 18.2 Å². The molecule has 0 aliphatic rings. The molecule has 0 saturated carbocycles. The van der Waals surface area contributed by atoms with E-state index in [1.165, 1.54) is 26.0 Å². The first-order valence-corrected chi connectivity index (χ1v) is 10.1. The molecule has 0 aliphatic carbocycles. The molecule has 1 N–H and O–H groups in total. The average Bonchev–Trinajstić information content (AvgIpc) is 3.44. The summed E-state index contributed by atoms with van der Waals surface area (Å²) >= 11 is 0. The summed E-state index contributed by atoms with van der Waals surface area (Å²) in [6, 6.07) is 15.5. The third-order valence-electron chi connectivity index (χ3n) is 5.49. The van der Waals surface area contributed by atoms with Crippen molar-refractivity contribution in [1.29, 1.82) is 0 Å². The lowest BCUT2D eigenvalue weighted by Gasteiger charge is -2.18. The molecule has 3 heterocycles. The van der Waals surface area contributed by atoms with Crippen molar-refractivity contribution in [3.8, 4) is 28.1 Å². The third-order valence-corrected chi connectivity index (χ3v) is 5.49. The van der Waals surface area contributed by atoms with Crippen LogP contribution in [-0.2, 0) is 5.60 Å². The number of aliphatic hydroxyl groups is 1. The maximum absolute atomic E-state index is 15.0. The van der Waals surface area contributed by atoms with Gasteiger partial charge >= 0.3 is 0 Å². The number of pyridine rings is 1. The number of benzene rings is 2. The predicted molar refractivity (Wildman–Crippen MR) is 118 cm³/mol. The van der Waals surface area contributed by atoms with Crippen LogP contribution < -0.4 is 0 Å². The topological polar surface area (TPSA) is 55.4 Å². The molecule has 0 amide bonds. The number of para-hydroxylation sites is 1. The van der Waals surface area contributed by atoms with Crippen molar-refractivity contribution in [1.82, 2.24) is 19.2 Å². The van der Waals surface area contributed by atoms with Crippen LogP contribution in [0.5, 0.6) is 0 Å². The summed E-state index contributed by atoms with van der Waals surface area (Å²) in [5.74, 6) is -0.963. The van der Waals surface area contributed by atoms with Crippen LogP contribution in [-0.4, -0.2) is 24.3 Å². The second-order valence-electron chi connectivity index (χ2n) is 8.10. The van der Waals surface area contributed by atoms with Crippen molar-refractivity contribution in [2.75, 3.05) is 0 Å². The van der Waals surface area contributed by atoms with E-state index in [9.17, 15) is 13.9 Å². The van der Waals surface area contributed by atoms with Gasteiger partial charge in [0.25, 0.3) is 0 Å². The van der Waals surface area contributed by atoms with Crippen LogP contribution in [0.25, 0.3) is 33.7 Å². The van der Waals surface area contributed by atoms with Gasteiger partial charge in [0.15, 0.2) is 11.5 Å². The van der Waals surface area contributed by atoms with Crippen molar-refractivity contribution in [2.24, 2.45) is 0 Å². The highest BCUT2D eigenvalue weighted by atomic mass is 19.1. The molecule has 0 bridgehead atoms. The van der Waals surface area contributed by atoms with Crippen LogP contribution in [0, 0.1) is 11.6 Å². The minimum absolute atomic E-state index is 0.0995. The maximum Gasteiger partial charge on any atom is 0.174 e. The highest BCUT2D eigenvalue weighted by molar-refractivity contribution is 5.78. The van der Waals surface area contributed by atoms with Crippen molar-refractivity contribution >= 4 is 5.65 Å². The summed E-state index contributed by atoms with van der Waals surface area (Å²) in [5, 5.41) is 14.5. The van der Waals surface area contributed by atoms with Gasteiger partial charge in [-0.3, -0.25) is 4.40 Å². The number of fused-ring (bicyclic) bond motifs is 1. The Morgan fingerprint density at radius 1 is 0.938 bits per heavy atom. The number of hydrogen-bond donors (Lipinski definition) is 1. The molecule has 5 nitrogen and oxygen atoms in total. The Morgan fingerprint density at radius 3 is 2.50 bits per heavy atom. The fraction of sp³-hybridized carbons (Fsp3) is 0.120. The van der Waals surface area contributed by atoms with Crippen molar-refractivity contribution in [3.05, 3.63) is 96.6 Å². The van der Waals surface area contributed by atoms with E-state index in [4.69, 9.17) is 0 Å². The zero-order valence-corrected chi connectivity index (χ0v) is 17.5. The Kier molecular flexibility index (Phi) is 4.64. The van der Waals surface area contributed by atoms with Gasteiger partial charge in [0.1, 0.15) is 5.82 Å². The lowest BCUT2D eigenvalue weighted by molar-refractivity contribution is 0.0746. The van der Waals surface area contributed by atoms with Crippen LogP contribution in [0.15, 0.2) is 79.4 Å². The first-order chi connectivity index (χ1) is 15.3. The molecule has 160 valence electrons. The number of hydrogen-bond acceptors (Lipinski definition) is 3. The first kappa shape index (κ1) is 20.1. The zero-order valence-electron chi connectivity index (χ0n) is 17.5. The summed E-state index contributed by atoms with van der Waals surface area (Å²) in [6.45, 7) is 3.05. The van der Waals surface area contributed by atoms with Crippen molar-refractivity contribution < 1.29 is 13.9 Å². The molecule has 5 rings (SSSR count). The highest BCUT2D eigenvalue weighted by Gasteiger charge is 2.24. The third kappa shape index (κ3) is 3.27. The smallest absolute Gasteiger partial charge is 0.174 e. The summed E-state index contributed by atoms with van der Waals surface area (Å²) in [7, 11) is 0. The number of imidazole rings is 1. The van der Waals surface area contributed by atoms with E-state index < -0.39 is 11.4 Å². The standard InChI is InChI=1S/C25H20F2N4O/c1-25(2,32)19-10-13-30-22(15-28-24(30)23(19)27)16-8-9-20(26)18(14-16)17-6-3-4-7-21(17)31-12-5-11-29-31/h3-15,32H,1-2H3. The molecule has 0 atom stereocenters. The highest BCUT2D eigenvalue weighted by Crippen LogP contribution is 2.34. The largest absolute Gasteiger partial charge is 0.386 e. The lowest BCUT2D eigenvalue weighted by atomic mass is 9.98. The molecular formula is C25H20F2N4O. The second kappa shape index (κ2) is 7.39. The number of rotatable bonds is 4. The second-order valence-corrected chi connectivity index (χ2v) is 8.10. The Hall–Kier alpha value is -3.84. The average molecular weight is 430 g/mol. The van der Waals surface area contributed by atoms with Crippen LogP contribution in [0.2, 0.25) is 0 Å². The van der Waals surface area contributed by atoms with Gasteiger partial charge in [0, 0.05) is 40.8 Å². The summed E-state index contributed by atoms with van der Waals surface area (Å²) in [4.78, 5) is 4.22. The fourth-order valence-corrected chi connectivity index (χ4v) is 3.91. The predicted octanol–water partition coefficient (Wildman–Crippen LogP) is 5.36. The number of halogens is 2. The number of aromatic nitrogens is 4. The summed E-state index contributed by atoms with van der Waals surface area (Å²) < 4.78 is 33.2. The number of nitrogens with zero attached hydrogens (tertiary/aromatic N) is 4. The molecule has 0 fully saturated rings. The lowest BCUT2D eigenvalue weighted by Crippen LogP contribution is -2.18. The van der Waals surface area contributed by atoms with Gasteiger partial charge in [-0.2, -0.15) is 5.10 Å². The zero-order chi connectivity index (χ0) is 22.5. The van der Waals surface area contributed by atoms with Gasteiger partial charge in [-0.05, 0) is 50.2 Å². The van der Waals surface area contributed by atoms with Gasteiger partial charge in [-0.15, -0.1) is 0 Å². The molecule has 0 spiro atoms. The van der Waals surface area contributed by atoms with Gasteiger partial charge in [-0.25, -0.2) is 18.4 Å². The van der Waals surface area contributed by atoms with Gasteiger partial charge in [0.2, 0.25) is 0 Å². The molecule has 32 heavy (non-hydrogen) atoms. The molecule has 0 aliphatic heterocycles. The van der Waals surface area contributed by atoms with Crippen LogP contribution >= 0.6 is 0 Å². The van der Waals surface area contributed by atoms with E-state index >= 15 is 0 Å². The van der Waals surface area contributed by atoms with E-state index in [0.717, 1.165) is 5.69 Å². The van der Waals surface area contributed by atoms with Crippen LogP contribution in [0.4, 0.5) is 8.78 Å². The maximum atomic E-state index is 15.0. The molecular weight excluding hydrogens is 410 g/mol. The monoisotopic (exact) mass is 430 g/mol. The molecule has 3 aromatic heterocycles. The minimum Gasteiger partial charge on any atom is -0.386 e. The van der Waals surface area contributed by atoms with E-state index in [1.807, 2.05) is 24.3 Å². The summed E-state index contributed by atoms with van der Waals surface area (Å²) in [6.07, 6.45) is 6.67. The first-order valence-electron chi connectivity index (χ1n) is 10.1. The fourth-order valence-electron chi connectivity index (χ4n) is 3.91. The molecule has 0 unspecified atom stereocenters. The molecule has 2 aromatic carbocycles. The van der Waals surface area contributed by atoms with E-state index in [-0.39, 0.29) is 17.0 Å². The van der Waals surface area contributed by atoms with Crippen LogP contribution in [0.1, 0.15) is 19.4 Å². The van der Waals surface area contributed by atoms with Gasteiger partial charge < -0.3 is 5.11 Å². The Labute approximate surface area is 183 Å². The SMILES string of the molecule is CC(C)(O)c1ccn2c(-c3ccc(F)c(-c4ccccc4-n4cccn4)c3)cnc2c1F. The van der Waals surface area contributed by atoms with Gasteiger partial charge in [0.05, 0.1) is 23.2 Å². The Balaban J connectivity index is 1.67. The minimum atomic E-state index is -1.34. The Bertz CT molecular complexity index is 1430. The molecule has 5 aromatic rings.